The first-order valence-electron chi connectivity index (χ1n) is 8.72. The molecule has 0 spiro atoms. The minimum atomic E-state index is 0.576. The van der Waals surface area contributed by atoms with E-state index in [4.69, 9.17) is 28.2 Å². The van der Waals surface area contributed by atoms with Crippen molar-refractivity contribution >= 4 is 46.4 Å². The molecular formula is C19H22Cl2N4S. The number of fused-ring (bicyclic) bond motifs is 1. The van der Waals surface area contributed by atoms with Gasteiger partial charge in [0.05, 0.1) is 5.02 Å². The van der Waals surface area contributed by atoms with E-state index >= 15 is 0 Å². The van der Waals surface area contributed by atoms with E-state index in [9.17, 15) is 0 Å². The second kappa shape index (κ2) is 8.51. The number of thioether (sulfide) groups is 1. The van der Waals surface area contributed by atoms with Crippen LogP contribution in [0.1, 0.15) is 26.7 Å². The van der Waals surface area contributed by atoms with Crippen LogP contribution in [-0.2, 0) is 0 Å². The van der Waals surface area contributed by atoms with Crippen LogP contribution in [0.4, 0.5) is 5.82 Å². The molecule has 26 heavy (non-hydrogen) atoms. The molecule has 0 fully saturated rings. The SMILES string of the molecule is CCCN(CCC)c1c(SC)nc2c(-c3ccc(Cl)cc3Cl)nccn12. The number of hydrogen-bond donors (Lipinski definition) is 0. The van der Waals surface area contributed by atoms with Crippen molar-refractivity contribution in [2.24, 2.45) is 0 Å². The molecule has 0 amide bonds. The van der Waals surface area contributed by atoms with Crippen LogP contribution in [0.25, 0.3) is 16.9 Å². The predicted molar refractivity (Wildman–Crippen MR) is 113 cm³/mol. The van der Waals surface area contributed by atoms with Gasteiger partial charge in [0.1, 0.15) is 16.5 Å². The van der Waals surface area contributed by atoms with Crippen molar-refractivity contribution in [3.05, 3.63) is 40.6 Å². The summed E-state index contributed by atoms with van der Waals surface area (Å²) in [6.45, 7) is 6.39. The molecule has 138 valence electrons. The predicted octanol–water partition coefficient (Wildman–Crippen LogP) is 6.05. The Morgan fingerprint density at radius 1 is 1.15 bits per heavy atom. The summed E-state index contributed by atoms with van der Waals surface area (Å²) in [5.41, 5.74) is 2.42. The Morgan fingerprint density at radius 2 is 1.88 bits per heavy atom. The Labute approximate surface area is 168 Å². The molecule has 0 aliphatic rings. The van der Waals surface area contributed by atoms with E-state index < -0.39 is 0 Å². The lowest BCUT2D eigenvalue weighted by atomic mass is 10.1. The quantitative estimate of drug-likeness (QED) is 0.445. The van der Waals surface area contributed by atoms with Crippen molar-refractivity contribution in [3.63, 3.8) is 0 Å². The zero-order valence-electron chi connectivity index (χ0n) is 15.2. The van der Waals surface area contributed by atoms with Crippen molar-refractivity contribution in [2.75, 3.05) is 24.2 Å². The Bertz CT molecular complexity index is 904. The minimum Gasteiger partial charge on any atom is -0.355 e. The zero-order valence-corrected chi connectivity index (χ0v) is 17.5. The topological polar surface area (TPSA) is 33.4 Å². The number of imidazole rings is 1. The Kier molecular flexibility index (Phi) is 6.33. The third kappa shape index (κ3) is 3.66. The average molecular weight is 409 g/mol. The van der Waals surface area contributed by atoms with Crippen LogP contribution in [0.15, 0.2) is 35.6 Å². The lowest BCUT2D eigenvalue weighted by Gasteiger charge is -2.24. The fourth-order valence-corrected chi connectivity index (χ4v) is 4.19. The van der Waals surface area contributed by atoms with E-state index in [2.05, 4.69) is 34.4 Å². The van der Waals surface area contributed by atoms with Gasteiger partial charge in [-0.3, -0.25) is 9.38 Å². The van der Waals surface area contributed by atoms with Crippen LogP contribution in [-0.4, -0.2) is 33.7 Å². The van der Waals surface area contributed by atoms with Gasteiger partial charge in [0.15, 0.2) is 5.65 Å². The smallest absolute Gasteiger partial charge is 0.166 e. The minimum absolute atomic E-state index is 0.576. The monoisotopic (exact) mass is 408 g/mol. The van der Waals surface area contributed by atoms with E-state index in [1.54, 1.807) is 24.0 Å². The van der Waals surface area contributed by atoms with Gasteiger partial charge >= 0.3 is 0 Å². The molecule has 0 saturated carbocycles. The van der Waals surface area contributed by atoms with Crippen LogP contribution in [0.2, 0.25) is 10.0 Å². The summed E-state index contributed by atoms with van der Waals surface area (Å²) in [6, 6.07) is 5.47. The van der Waals surface area contributed by atoms with Crippen LogP contribution in [0.5, 0.6) is 0 Å². The maximum absolute atomic E-state index is 6.43. The number of benzene rings is 1. The maximum Gasteiger partial charge on any atom is 0.166 e. The summed E-state index contributed by atoms with van der Waals surface area (Å²) in [6.07, 6.45) is 8.01. The molecule has 0 bridgehead atoms. The van der Waals surface area contributed by atoms with Crippen molar-refractivity contribution < 1.29 is 0 Å². The Balaban J connectivity index is 2.23. The largest absolute Gasteiger partial charge is 0.355 e. The van der Waals surface area contributed by atoms with Gasteiger partial charge in [-0.05, 0) is 37.3 Å². The van der Waals surface area contributed by atoms with Gasteiger partial charge in [-0.1, -0.05) is 37.0 Å². The second-order valence-corrected chi connectivity index (χ2v) is 7.66. The fourth-order valence-electron chi connectivity index (χ4n) is 3.10. The number of anilines is 1. The number of halogens is 2. The number of aromatic nitrogens is 3. The third-order valence-corrected chi connectivity index (χ3v) is 5.36. The van der Waals surface area contributed by atoms with Crippen LogP contribution < -0.4 is 4.90 Å². The molecule has 3 aromatic rings. The first-order valence-corrected chi connectivity index (χ1v) is 10.7. The van der Waals surface area contributed by atoms with E-state index in [1.165, 1.54) is 0 Å². The van der Waals surface area contributed by atoms with E-state index in [0.29, 0.717) is 10.0 Å². The molecule has 0 radical (unpaired) electrons. The summed E-state index contributed by atoms with van der Waals surface area (Å²) in [4.78, 5) is 11.9. The van der Waals surface area contributed by atoms with Crippen LogP contribution >= 0.6 is 35.0 Å². The van der Waals surface area contributed by atoms with Gasteiger partial charge in [0.2, 0.25) is 0 Å². The standard InChI is InChI=1S/C19H22Cl2N4S/c1-4-9-24(10-5-2)19-18(26-3)23-17-16(22-8-11-25(17)19)14-7-6-13(20)12-15(14)21/h6-8,11-12H,4-5,9-10H2,1-3H3. The molecule has 0 aliphatic heterocycles. The molecule has 3 rings (SSSR count). The van der Waals surface area contributed by atoms with Gasteiger partial charge in [0.25, 0.3) is 0 Å². The van der Waals surface area contributed by atoms with Crippen molar-refractivity contribution in [2.45, 2.75) is 31.7 Å². The molecule has 0 aliphatic carbocycles. The molecule has 0 saturated heterocycles. The highest BCUT2D eigenvalue weighted by Crippen LogP contribution is 2.36. The molecule has 4 nitrogen and oxygen atoms in total. The van der Waals surface area contributed by atoms with Crippen LogP contribution in [0.3, 0.4) is 0 Å². The molecule has 1 aromatic carbocycles. The van der Waals surface area contributed by atoms with E-state index in [0.717, 1.165) is 53.7 Å². The summed E-state index contributed by atoms with van der Waals surface area (Å²) in [5, 5.41) is 2.19. The third-order valence-electron chi connectivity index (χ3n) is 4.15. The molecular weight excluding hydrogens is 387 g/mol. The van der Waals surface area contributed by atoms with Gasteiger partial charge in [-0.25, -0.2) is 4.98 Å². The van der Waals surface area contributed by atoms with Crippen molar-refractivity contribution in [3.8, 4) is 11.3 Å². The number of rotatable bonds is 7. The van der Waals surface area contributed by atoms with E-state index in [-0.39, 0.29) is 0 Å². The summed E-state index contributed by atoms with van der Waals surface area (Å²) in [7, 11) is 0. The number of nitrogens with zero attached hydrogens (tertiary/aromatic N) is 4. The van der Waals surface area contributed by atoms with Gasteiger partial charge in [-0.2, -0.15) is 0 Å². The highest BCUT2D eigenvalue weighted by atomic mass is 35.5. The van der Waals surface area contributed by atoms with Gasteiger partial charge in [0, 0.05) is 36.1 Å². The zero-order chi connectivity index (χ0) is 18.7. The summed E-state index contributed by atoms with van der Waals surface area (Å²) >= 11 is 14.1. The molecule has 2 aromatic heterocycles. The van der Waals surface area contributed by atoms with Crippen molar-refractivity contribution in [1.82, 2.24) is 14.4 Å². The summed E-state index contributed by atoms with van der Waals surface area (Å²) < 4.78 is 2.13. The average Bonchev–Trinajstić information content (AvgIpc) is 3.00. The first-order chi connectivity index (χ1) is 12.6. The highest BCUT2D eigenvalue weighted by Gasteiger charge is 2.21. The second-order valence-electron chi connectivity index (χ2n) is 6.03. The Morgan fingerprint density at radius 3 is 2.50 bits per heavy atom. The molecule has 7 heteroatoms. The van der Waals surface area contributed by atoms with Crippen molar-refractivity contribution in [1.29, 1.82) is 0 Å². The fraction of sp³-hybridized carbons (Fsp3) is 0.368. The maximum atomic E-state index is 6.43. The molecule has 0 N–H and O–H groups in total. The molecule has 0 unspecified atom stereocenters. The van der Waals surface area contributed by atoms with Gasteiger partial charge < -0.3 is 4.90 Å². The molecule has 2 heterocycles. The van der Waals surface area contributed by atoms with Crippen LogP contribution in [0, 0.1) is 0 Å². The summed E-state index contributed by atoms with van der Waals surface area (Å²) in [5.74, 6) is 1.13. The Hall–Kier alpha value is -1.43. The first kappa shape index (κ1) is 19.3. The number of hydrogen-bond acceptors (Lipinski definition) is 4. The lowest BCUT2D eigenvalue weighted by molar-refractivity contribution is 0.723. The van der Waals surface area contributed by atoms with Gasteiger partial charge in [-0.15, -0.1) is 11.8 Å². The normalized spacial score (nSPS) is 11.3. The highest BCUT2D eigenvalue weighted by molar-refractivity contribution is 7.98. The molecule has 0 atom stereocenters. The van der Waals surface area contributed by atoms with E-state index in [1.807, 2.05) is 18.3 Å². The lowest BCUT2D eigenvalue weighted by Crippen LogP contribution is -2.26.